The number of hydrogen-bond donors (Lipinski definition) is 0. The van der Waals surface area contributed by atoms with E-state index in [1.807, 2.05) is 0 Å². The smallest absolute Gasteiger partial charge is 0.123 e. The summed E-state index contributed by atoms with van der Waals surface area (Å²) in [5.74, 6) is -1.26. The third kappa shape index (κ3) is 8.68. The first kappa shape index (κ1) is 46.1. The Morgan fingerprint density at radius 3 is 0.838 bits per heavy atom. The van der Waals surface area contributed by atoms with Gasteiger partial charge in [0.15, 0.2) is 0 Å². The molecule has 0 atom stereocenters. The fourth-order valence-corrected chi connectivity index (χ4v) is 10.5. The van der Waals surface area contributed by atoms with Crippen molar-refractivity contribution in [3.63, 3.8) is 0 Å². The number of nitrogens with zero attached hydrogens (tertiary/aromatic N) is 2. The molecule has 0 spiro atoms. The van der Waals surface area contributed by atoms with Crippen LogP contribution >= 0.6 is 0 Å². The van der Waals surface area contributed by atoms with Gasteiger partial charge < -0.3 is 9.80 Å². The quantitative estimate of drug-likeness (QED) is 0.0889. The monoisotopic (exact) mass is 968 g/mol. The highest BCUT2D eigenvalue weighted by atomic mass is 19.1. The van der Waals surface area contributed by atoms with Gasteiger partial charge in [0.1, 0.15) is 23.3 Å². The molecule has 0 aliphatic heterocycles. The molecule has 0 saturated carbocycles. The number of benzene rings is 12. The zero-order chi connectivity index (χ0) is 50.5. The molecular weight excluding hydrogens is 921 g/mol. The average molecular weight is 969 g/mol. The van der Waals surface area contributed by atoms with Gasteiger partial charge in [0.05, 0.1) is 11.4 Å². The second-order valence-corrected chi connectivity index (χ2v) is 18.9. The van der Waals surface area contributed by atoms with E-state index in [1.165, 1.54) is 59.7 Å². The van der Waals surface area contributed by atoms with E-state index in [9.17, 15) is 17.6 Å². The lowest BCUT2D eigenvalue weighted by molar-refractivity contribution is 0.627. The fourth-order valence-electron chi connectivity index (χ4n) is 10.5. The predicted octanol–water partition coefficient (Wildman–Crippen LogP) is 19.9. The van der Waals surface area contributed by atoms with E-state index in [0.29, 0.717) is 0 Å². The van der Waals surface area contributed by atoms with Crippen LogP contribution in [0.1, 0.15) is 25.0 Å². The van der Waals surface area contributed by atoms with E-state index in [4.69, 9.17) is 0 Å². The van der Waals surface area contributed by atoms with Gasteiger partial charge in [-0.05, 0) is 211 Å². The Bertz CT molecular complexity index is 3590. The van der Waals surface area contributed by atoms with Gasteiger partial charge in [-0.1, -0.05) is 123 Å². The molecule has 358 valence electrons. The molecule has 0 amide bonds. The zero-order valence-electron chi connectivity index (χ0n) is 40.8. The number of hydrogen-bond acceptors (Lipinski definition) is 2. The van der Waals surface area contributed by atoms with Crippen LogP contribution in [0.25, 0.3) is 76.8 Å². The van der Waals surface area contributed by atoms with Gasteiger partial charge in [-0.25, -0.2) is 17.6 Å². The van der Waals surface area contributed by atoms with Crippen LogP contribution in [0.3, 0.4) is 0 Å². The first-order valence-electron chi connectivity index (χ1n) is 25.0. The van der Waals surface area contributed by atoms with Crippen LogP contribution in [0, 0.1) is 23.3 Å². The number of aryl methyl sites for hydroxylation is 2. The standard InChI is InChI=1S/C68H48F4N2/c1-3-43-5-29-59(30-6-43)73(61-39-51(45-9-21-55(69)22-10-45)37-52(40-61)46-11-23-56(70)24-12-46)65-35-19-49-18-34-64-66(36-20-50-17-33-63(65)67(49)68(50)64)74(60-31-7-44(4-2)8-32-60)62-41-53(47-13-25-57(71)26-14-47)38-54(42-62)48-15-27-58(72)28-16-48/h5-42H,3-4H2,1-2H3. The molecule has 2 nitrogen and oxygen atoms in total. The van der Waals surface area contributed by atoms with Crippen LogP contribution in [0.4, 0.5) is 51.7 Å². The summed E-state index contributed by atoms with van der Waals surface area (Å²) in [5.41, 5.74) is 15.0. The molecule has 12 rings (SSSR count). The highest BCUT2D eigenvalue weighted by Gasteiger charge is 2.24. The van der Waals surface area contributed by atoms with E-state index in [1.54, 1.807) is 48.5 Å². The zero-order valence-corrected chi connectivity index (χ0v) is 40.8. The van der Waals surface area contributed by atoms with Crippen LogP contribution in [-0.4, -0.2) is 0 Å². The summed E-state index contributed by atoms with van der Waals surface area (Å²) in [7, 11) is 0. The van der Waals surface area contributed by atoms with Crippen molar-refractivity contribution in [1.82, 2.24) is 0 Å². The maximum Gasteiger partial charge on any atom is 0.123 e. The summed E-state index contributed by atoms with van der Waals surface area (Å²) in [6.07, 6.45) is 1.78. The average Bonchev–Trinajstić information content (AvgIpc) is 3.44. The third-order valence-corrected chi connectivity index (χ3v) is 14.4. The summed E-state index contributed by atoms with van der Waals surface area (Å²) in [4.78, 5) is 4.59. The summed E-state index contributed by atoms with van der Waals surface area (Å²) in [5, 5.41) is 6.48. The lowest BCUT2D eigenvalue weighted by Gasteiger charge is -2.30. The Hall–Kier alpha value is -9.00. The molecular formula is C68H48F4N2. The Morgan fingerprint density at radius 1 is 0.270 bits per heavy atom. The van der Waals surface area contributed by atoms with Crippen LogP contribution in [0.2, 0.25) is 0 Å². The highest BCUT2D eigenvalue weighted by Crippen LogP contribution is 2.49. The second-order valence-electron chi connectivity index (χ2n) is 18.9. The van der Waals surface area contributed by atoms with Crippen molar-refractivity contribution in [3.05, 3.63) is 265 Å². The molecule has 0 aromatic heterocycles. The normalized spacial score (nSPS) is 11.5. The fraction of sp³-hybridized carbons (Fsp3) is 0.0588. The van der Waals surface area contributed by atoms with Crippen LogP contribution in [0.5, 0.6) is 0 Å². The molecule has 0 unspecified atom stereocenters. The first-order valence-corrected chi connectivity index (χ1v) is 25.0. The van der Waals surface area contributed by atoms with E-state index < -0.39 is 0 Å². The minimum Gasteiger partial charge on any atom is -0.310 e. The Kier molecular flexibility index (Phi) is 12.0. The summed E-state index contributed by atoms with van der Waals surface area (Å²) in [6, 6.07) is 73.9. The number of halogens is 4. The molecule has 0 aliphatic rings. The van der Waals surface area contributed by atoms with E-state index >= 15 is 0 Å². The molecule has 0 N–H and O–H groups in total. The first-order chi connectivity index (χ1) is 36.2. The third-order valence-electron chi connectivity index (χ3n) is 14.4. The molecule has 0 aliphatic carbocycles. The summed E-state index contributed by atoms with van der Waals surface area (Å²) < 4.78 is 57.6. The van der Waals surface area contributed by atoms with Crippen LogP contribution in [-0.2, 0) is 12.8 Å². The van der Waals surface area contributed by atoms with Gasteiger partial charge >= 0.3 is 0 Å². The van der Waals surface area contributed by atoms with Gasteiger partial charge in [-0.15, -0.1) is 0 Å². The lowest BCUT2D eigenvalue weighted by Crippen LogP contribution is -2.12. The molecule has 0 radical (unpaired) electrons. The molecule has 0 bridgehead atoms. The maximum absolute atomic E-state index is 14.4. The van der Waals surface area contributed by atoms with Crippen molar-refractivity contribution >= 4 is 66.4 Å². The molecule has 0 fully saturated rings. The van der Waals surface area contributed by atoms with Gasteiger partial charge in [-0.2, -0.15) is 0 Å². The number of rotatable bonds is 12. The van der Waals surface area contributed by atoms with Crippen LogP contribution < -0.4 is 9.80 Å². The maximum atomic E-state index is 14.4. The van der Waals surface area contributed by atoms with E-state index in [2.05, 4.69) is 157 Å². The van der Waals surface area contributed by atoms with Crippen LogP contribution in [0.15, 0.2) is 231 Å². The minimum atomic E-state index is -0.316. The lowest BCUT2D eigenvalue weighted by atomic mass is 9.91. The van der Waals surface area contributed by atoms with Gasteiger partial charge in [-0.3, -0.25) is 0 Å². The molecule has 0 saturated heterocycles. The van der Waals surface area contributed by atoms with Crippen molar-refractivity contribution in [3.8, 4) is 44.5 Å². The van der Waals surface area contributed by atoms with Gasteiger partial charge in [0, 0.05) is 33.5 Å². The number of anilines is 6. The Labute approximate surface area is 428 Å². The van der Waals surface area contributed by atoms with Crippen molar-refractivity contribution in [2.24, 2.45) is 0 Å². The van der Waals surface area contributed by atoms with Crippen molar-refractivity contribution in [2.75, 3.05) is 9.80 Å². The highest BCUT2D eigenvalue weighted by molar-refractivity contribution is 6.28. The summed E-state index contributed by atoms with van der Waals surface area (Å²) >= 11 is 0. The van der Waals surface area contributed by atoms with Gasteiger partial charge in [0.25, 0.3) is 0 Å². The molecule has 12 aromatic carbocycles. The SMILES string of the molecule is CCc1ccc(N(c2cc(-c3ccc(F)cc3)cc(-c3ccc(F)cc3)c2)c2ccc3ccc4c(N(c5ccc(CC)cc5)c5cc(-c6ccc(F)cc6)cc(-c6ccc(F)cc6)c5)ccc5ccc2c3c54)cc1. The Morgan fingerprint density at radius 2 is 0.554 bits per heavy atom. The topological polar surface area (TPSA) is 6.48 Å². The molecule has 0 heterocycles. The van der Waals surface area contributed by atoms with Gasteiger partial charge in [0.2, 0.25) is 0 Å². The van der Waals surface area contributed by atoms with E-state index in [0.717, 1.165) is 124 Å². The van der Waals surface area contributed by atoms with E-state index in [-0.39, 0.29) is 23.3 Å². The molecule has 12 aromatic rings. The molecule has 74 heavy (non-hydrogen) atoms. The second kappa shape index (κ2) is 19.2. The Balaban J connectivity index is 1.10. The van der Waals surface area contributed by atoms with Crippen molar-refractivity contribution < 1.29 is 17.6 Å². The largest absolute Gasteiger partial charge is 0.310 e. The predicted molar refractivity (Wildman–Crippen MR) is 300 cm³/mol. The van der Waals surface area contributed by atoms with Crippen molar-refractivity contribution in [1.29, 1.82) is 0 Å². The minimum absolute atomic E-state index is 0.316. The van der Waals surface area contributed by atoms with Crippen molar-refractivity contribution in [2.45, 2.75) is 26.7 Å². The summed E-state index contributed by atoms with van der Waals surface area (Å²) in [6.45, 7) is 4.30. The molecule has 6 heteroatoms.